The van der Waals surface area contributed by atoms with Crippen LogP contribution in [-0.4, -0.2) is 9.55 Å². The SMILES string of the molecule is Brc1csc(Cn2ccnc2)c1. The Hall–Kier alpha value is -0.610. The van der Waals surface area contributed by atoms with Gasteiger partial charge in [-0.15, -0.1) is 11.3 Å². The minimum absolute atomic E-state index is 0.913. The lowest BCUT2D eigenvalue weighted by Gasteiger charge is -1.96. The van der Waals surface area contributed by atoms with Gasteiger partial charge >= 0.3 is 0 Å². The van der Waals surface area contributed by atoms with Crippen LogP contribution in [0.4, 0.5) is 0 Å². The summed E-state index contributed by atoms with van der Waals surface area (Å²) in [7, 11) is 0. The first-order chi connectivity index (χ1) is 5.84. The first-order valence-corrected chi connectivity index (χ1v) is 5.20. The topological polar surface area (TPSA) is 17.8 Å². The highest BCUT2D eigenvalue weighted by Crippen LogP contribution is 2.20. The Bertz CT molecular complexity index is 353. The Labute approximate surface area is 83.0 Å². The Morgan fingerprint density at radius 2 is 2.50 bits per heavy atom. The minimum atomic E-state index is 0.913. The van der Waals surface area contributed by atoms with Gasteiger partial charge in [-0.3, -0.25) is 0 Å². The lowest BCUT2D eigenvalue weighted by atomic mass is 10.5. The molecule has 2 rings (SSSR count). The van der Waals surface area contributed by atoms with Gasteiger partial charge in [0, 0.05) is 27.1 Å². The van der Waals surface area contributed by atoms with E-state index in [-0.39, 0.29) is 0 Å². The van der Waals surface area contributed by atoms with Gasteiger partial charge in [-0.1, -0.05) is 0 Å². The number of hydrogen-bond acceptors (Lipinski definition) is 2. The monoisotopic (exact) mass is 242 g/mol. The fourth-order valence-corrected chi connectivity index (χ4v) is 2.46. The number of rotatable bonds is 2. The summed E-state index contributed by atoms with van der Waals surface area (Å²) in [5.41, 5.74) is 0. The van der Waals surface area contributed by atoms with E-state index in [2.05, 4.69) is 36.9 Å². The molecule has 2 aromatic rings. The number of halogens is 1. The fraction of sp³-hybridized carbons (Fsp3) is 0.125. The van der Waals surface area contributed by atoms with Crippen LogP contribution < -0.4 is 0 Å². The fourth-order valence-electron chi connectivity index (χ4n) is 0.997. The maximum absolute atomic E-state index is 3.98. The van der Waals surface area contributed by atoms with Crippen LogP contribution in [0.3, 0.4) is 0 Å². The van der Waals surface area contributed by atoms with Crippen LogP contribution >= 0.6 is 27.3 Å². The minimum Gasteiger partial charge on any atom is -0.332 e. The molecule has 0 unspecified atom stereocenters. The molecule has 0 aliphatic carbocycles. The number of imidazole rings is 1. The molecule has 0 aromatic carbocycles. The second kappa shape index (κ2) is 3.41. The molecule has 62 valence electrons. The van der Waals surface area contributed by atoms with E-state index in [1.54, 1.807) is 17.5 Å². The predicted molar refractivity (Wildman–Crippen MR) is 53.3 cm³/mol. The van der Waals surface area contributed by atoms with Gasteiger partial charge in [0.05, 0.1) is 12.9 Å². The Kier molecular flexibility index (Phi) is 2.28. The van der Waals surface area contributed by atoms with Crippen LogP contribution in [0.15, 0.2) is 34.6 Å². The lowest BCUT2D eigenvalue weighted by molar-refractivity contribution is 0.810. The highest BCUT2D eigenvalue weighted by Gasteiger charge is 1.97. The molecule has 2 heterocycles. The largest absolute Gasteiger partial charge is 0.332 e. The summed E-state index contributed by atoms with van der Waals surface area (Å²) >= 11 is 5.17. The van der Waals surface area contributed by atoms with Gasteiger partial charge < -0.3 is 4.57 Å². The van der Waals surface area contributed by atoms with E-state index in [0.29, 0.717) is 0 Å². The molecule has 0 amide bonds. The van der Waals surface area contributed by atoms with Crippen LogP contribution in [0, 0.1) is 0 Å². The Balaban J connectivity index is 2.14. The van der Waals surface area contributed by atoms with Crippen molar-refractivity contribution in [2.24, 2.45) is 0 Å². The molecule has 0 aliphatic heterocycles. The normalized spacial score (nSPS) is 10.4. The van der Waals surface area contributed by atoms with Crippen molar-refractivity contribution in [3.8, 4) is 0 Å². The second-order valence-electron chi connectivity index (χ2n) is 2.47. The lowest BCUT2D eigenvalue weighted by Crippen LogP contribution is -1.92. The molecule has 2 nitrogen and oxygen atoms in total. The average Bonchev–Trinajstić information content (AvgIpc) is 2.63. The summed E-state index contributed by atoms with van der Waals surface area (Å²) in [4.78, 5) is 5.31. The number of nitrogens with zero attached hydrogens (tertiary/aromatic N) is 2. The summed E-state index contributed by atoms with van der Waals surface area (Å²) in [6.45, 7) is 0.913. The zero-order chi connectivity index (χ0) is 8.39. The highest BCUT2D eigenvalue weighted by molar-refractivity contribution is 9.10. The zero-order valence-electron chi connectivity index (χ0n) is 6.27. The van der Waals surface area contributed by atoms with Gasteiger partial charge in [-0.2, -0.15) is 0 Å². The van der Waals surface area contributed by atoms with Crippen LogP contribution in [0.5, 0.6) is 0 Å². The molecule has 0 bridgehead atoms. The molecule has 2 aromatic heterocycles. The van der Waals surface area contributed by atoms with Crippen molar-refractivity contribution in [1.82, 2.24) is 9.55 Å². The molecular weight excluding hydrogens is 236 g/mol. The second-order valence-corrected chi connectivity index (χ2v) is 4.38. The number of aromatic nitrogens is 2. The molecule has 0 fully saturated rings. The maximum Gasteiger partial charge on any atom is 0.0949 e. The third kappa shape index (κ3) is 1.76. The molecule has 0 spiro atoms. The maximum atomic E-state index is 3.98. The van der Waals surface area contributed by atoms with Gasteiger partial charge in [0.25, 0.3) is 0 Å². The van der Waals surface area contributed by atoms with E-state index < -0.39 is 0 Å². The number of hydrogen-bond donors (Lipinski definition) is 0. The smallest absolute Gasteiger partial charge is 0.0949 e. The molecule has 0 saturated heterocycles. The zero-order valence-corrected chi connectivity index (χ0v) is 8.68. The summed E-state index contributed by atoms with van der Waals surface area (Å²) in [5, 5.41) is 2.09. The Morgan fingerprint density at radius 3 is 3.08 bits per heavy atom. The molecule has 0 aliphatic rings. The molecular formula is C8H7BrN2S. The number of thiophene rings is 1. The quantitative estimate of drug-likeness (QED) is 0.792. The van der Waals surface area contributed by atoms with Crippen molar-refractivity contribution in [1.29, 1.82) is 0 Å². The Morgan fingerprint density at radius 1 is 1.58 bits per heavy atom. The van der Waals surface area contributed by atoms with Crippen molar-refractivity contribution < 1.29 is 0 Å². The first-order valence-electron chi connectivity index (χ1n) is 3.53. The predicted octanol–water partition coefficient (Wildman–Crippen LogP) is 2.76. The van der Waals surface area contributed by atoms with Gasteiger partial charge in [0.15, 0.2) is 0 Å². The molecule has 4 heteroatoms. The summed E-state index contributed by atoms with van der Waals surface area (Å²) in [6.07, 6.45) is 5.59. The molecule has 0 saturated carbocycles. The van der Waals surface area contributed by atoms with E-state index in [0.717, 1.165) is 11.0 Å². The average molecular weight is 243 g/mol. The van der Waals surface area contributed by atoms with Gasteiger partial charge in [0.2, 0.25) is 0 Å². The van der Waals surface area contributed by atoms with Crippen LogP contribution in [0.2, 0.25) is 0 Å². The molecule has 12 heavy (non-hydrogen) atoms. The first kappa shape index (κ1) is 8.01. The van der Waals surface area contributed by atoms with Crippen molar-refractivity contribution in [3.05, 3.63) is 39.5 Å². The van der Waals surface area contributed by atoms with E-state index >= 15 is 0 Å². The van der Waals surface area contributed by atoms with Crippen LogP contribution in [0.25, 0.3) is 0 Å². The third-order valence-electron chi connectivity index (χ3n) is 1.52. The molecule has 0 radical (unpaired) electrons. The third-order valence-corrected chi connectivity index (χ3v) is 3.20. The van der Waals surface area contributed by atoms with Crippen LogP contribution in [-0.2, 0) is 6.54 Å². The standard InChI is InChI=1S/C8H7BrN2S/c9-7-3-8(12-5-7)4-11-2-1-10-6-11/h1-3,5-6H,4H2. The van der Waals surface area contributed by atoms with Gasteiger partial charge in [-0.05, 0) is 22.0 Å². The van der Waals surface area contributed by atoms with Crippen LogP contribution in [0.1, 0.15) is 4.88 Å². The van der Waals surface area contributed by atoms with Crippen molar-refractivity contribution in [2.75, 3.05) is 0 Å². The summed E-state index contributed by atoms with van der Waals surface area (Å²) in [6, 6.07) is 2.13. The van der Waals surface area contributed by atoms with Gasteiger partial charge in [0.1, 0.15) is 0 Å². The molecule has 0 atom stereocenters. The van der Waals surface area contributed by atoms with E-state index in [1.807, 2.05) is 12.5 Å². The highest BCUT2D eigenvalue weighted by atomic mass is 79.9. The summed E-state index contributed by atoms with van der Waals surface area (Å²) < 4.78 is 3.21. The van der Waals surface area contributed by atoms with Crippen molar-refractivity contribution >= 4 is 27.3 Å². The van der Waals surface area contributed by atoms with E-state index in [1.165, 1.54) is 4.88 Å². The summed E-state index contributed by atoms with van der Waals surface area (Å²) in [5.74, 6) is 0. The van der Waals surface area contributed by atoms with E-state index in [9.17, 15) is 0 Å². The van der Waals surface area contributed by atoms with Crippen molar-refractivity contribution in [3.63, 3.8) is 0 Å². The van der Waals surface area contributed by atoms with Crippen molar-refractivity contribution in [2.45, 2.75) is 6.54 Å². The van der Waals surface area contributed by atoms with E-state index in [4.69, 9.17) is 0 Å². The van der Waals surface area contributed by atoms with Gasteiger partial charge in [-0.25, -0.2) is 4.98 Å². The molecule has 0 N–H and O–H groups in total.